The van der Waals surface area contributed by atoms with Gasteiger partial charge in [0.1, 0.15) is 18.3 Å². The van der Waals surface area contributed by atoms with Crippen LogP contribution in [-0.4, -0.2) is 36.1 Å². The van der Waals surface area contributed by atoms with E-state index in [4.69, 9.17) is 9.47 Å². The molecule has 3 aliphatic heterocycles. The molecule has 0 unspecified atom stereocenters. The first kappa shape index (κ1) is 15.5. The second-order valence-corrected chi connectivity index (χ2v) is 6.32. The van der Waals surface area contributed by atoms with Crippen LogP contribution < -0.4 is 4.90 Å². The number of hydrogen-bond acceptors (Lipinski definition) is 6. The summed E-state index contributed by atoms with van der Waals surface area (Å²) >= 11 is 0. The van der Waals surface area contributed by atoms with Gasteiger partial charge in [0.15, 0.2) is 0 Å². The van der Waals surface area contributed by atoms with E-state index in [2.05, 4.69) is 0 Å². The minimum absolute atomic E-state index is 0.122. The van der Waals surface area contributed by atoms with Crippen molar-refractivity contribution < 1.29 is 23.9 Å². The standard InChI is InChI=1S/C18H14N2O5/c1-10(21)24-9-18-7-6-13(25-18)14-15(18)17(23)20(16(14)22)12-5-3-2-4-11(12)8-19/h2-7,13-15H,9H2,1H3/t13-,14+,15-,18-/m1/s1. The van der Waals surface area contributed by atoms with Gasteiger partial charge in [-0.2, -0.15) is 5.26 Å². The number of nitrogens with zero attached hydrogens (tertiary/aromatic N) is 2. The molecule has 0 saturated carbocycles. The highest BCUT2D eigenvalue weighted by Gasteiger charge is 2.68. The van der Waals surface area contributed by atoms with Crippen molar-refractivity contribution in [1.82, 2.24) is 0 Å². The van der Waals surface area contributed by atoms with Crippen LogP contribution in [0.2, 0.25) is 0 Å². The van der Waals surface area contributed by atoms with Crippen LogP contribution in [0.3, 0.4) is 0 Å². The smallest absolute Gasteiger partial charge is 0.302 e. The van der Waals surface area contributed by atoms with Crippen LogP contribution in [0.5, 0.6) is 0 Å². The largest absolute Gasteiger partial charge is 0.462 e. The van der Waals surface area contributed by atoms with Crippen molar-refractivity contribution in [2.45, 2.75) is 18.6 Å². The fraction of sp³-hybridized carbons (Fsp3) is 0.333. The van der Waals surface area contributed by atoms with Gasteiger partial charge in [-0.05, 0) is 18.2 Å². The molecule has 7 heteroatoms. The number of para-hydroxylation sites is 1. The first-order valence-electron chi connectivity index (χ1n) is 7.86. The summed E-state index contributed by atoms with van der Waals surface area (Å²) < 4.78 is 10.9. The molecule has 7 nitrogen and oxygen atoms in total. The molecule has 3 heterocycles. The minimum Gasteiger partial charge on any atom is -0.462 e. The molecular formula is C18H14N2O5. The van der Waals surface area contributed by atoms with Gasteiger partial charge < -0.3 is 9.47 Å². The van der Waals surface area contributed by atoms with E-state index in [9.17, 15) is 19.6 Å². The molecule has 4 rings (SSSR count). The van der Waals surface area contributed by atoms with E-state index >= 15 is 0 Å². The van der Waals surface area contributed by atoms with Crippen molar-refractivity contribution in [2.75, 3.05) is 11.5 Å². The average Bonchev–Trinajstić information content (AvgIpc) is 3.24. The van der Waals surface area contributed by atoms with Crippen LogP contribution in [0, 0.1) is 23.2 Å². The van der Waals surface area contributed by atoms with E-state index < -0.39 is 41.3 Å². The van der Waals surface area contributed by atoms with Crippen molar-refractivity contribution in [1.29, 1.82) is 5.26 Å². The van der Waals surface area contributed by atoms with Gasteiger partial charge in [-0.3, -0.25) is 14.4 Å². The molecule has 126 valence electrons. The molecule has 2 amide bonds. The molecule has 2 bridgehead atoms. The fourth-order valence-corrected chi connectivity index (χ4v) is 3.88. The number of fused-ring (bicyclic) bond motifs is 5. The minimum atomic E-state index is -1.12. The predicted octanol–water partition coefficient (Wildman–Crippen LogP) is 0.934. The van der Waals surface area contributed by atoms with Crippen molar-refractivity contribution in [3.05, 3.63) is 42.0 Å². The molecule has 2 saturated heterocycles. The zero-order valence-corrected chi connectivity index (χ0v) is 13.3. The van der Waals surface area contributed by atoms with Crippen LogP contribution in [0.1, 0.15) is 12.5 Å². The Morgan fingerprint density at radius 2 is 2.12 bits per heavy atom. The molecule has 0 aliphatic carbocycles. The Bertz CT molecular complexity index is 870. The lowest BCUT2D eigenvalue weighted by molar-refractivity contribution is -0.150. The number of esters is 1. The maximum atomic E-state index is 13.0. The summed E-state index contributed by atoms with van der Waals surface area (Å²) in [5, 5.41) is 9.27. The Hall–Kier alpha value is -2.98. The zero-order valence-electron chi connectivity index (χ0n) is 13.3. The van der Waals surface area contributed by atoms with Crippen molar-refractivity contribution >= 4 is 23.5 Å². The fourth-order valence-electron chi connectivity index (χ4n) is 3.88. The lowest BCUT2D eigenvalue weighted by atomic mass is 9.77. The number of benzene rings is 1. The maximum absolute atomic E-state index is 13.0. The third-order valence-corrected chi connectivity index (χ3v) is 4.92. The summed E-state index contributed by atoms with van der Waals surface area (Å²) in [6, 6.07) is 8.48. The molecule has 1 aromatic rings. The Kier molecular flexibility index (Phi) is 3.27. The van der Waals surface area contributed by atoms with Crippen molar-refractivity contribution in [2.24, 2.45) is 11.8 Å². The van der Waals surface area contributed by atoms with Gasteiger partial charge in [0.05, 0.1) is 29.2 Å². The second kappa shape index (κ2) is 5.26. The van der Waals surface area contributed by atoms with Gasteiger partial charge >= 0.3 is 5.97 Å². The van der Waals surface area contributed by atoms with Crippen LogP contribution in [0.4, 0.5) is 5.69 Å². The molecule has 0 radical (unpaired) electrons. The number of nitriles is 1. The number of carbonyl (C=O) groups excluding carboxylic acids is 3. The summed E-state index contributed by atoms with van der Waals surface area (Å²) in [7, 11) is 0. The summed E-state index contributed by atoms with van der Waals surface area (Å²) in [5.41, 5.74) is -0.597. The molecule has 0 spiro atoms. The van der Waals surface area contributed by atoms with Crippen LogP contribution in [0.15, 0.2) is 36.4 Å². The highest BCUT2D eigenvalue weighted by atomic mass is 16.6. The molecule has 0 aromatic heterocycles. The quantitative estimate of drug-likeness (QED) is 0.462. The highest BCUT2D eigenvalue weighted by Crippen LogP contribution is 2.52. The van der Waals surface area contributed by atoms with E-state index in [0.29, 0.717) is 0 Å². The number of carbonyl (C=O) groups is 3. The summed E-state index contributed by atoms with van der Waals surface area (Å²) in [6.45, 7) is 1.15. The SMILES string of the molecule is CC(=O)OC[C@@]12C=C[C@@H](O1)[C@@H]1C(=O)N(c3ccccc3C#N)C(=O)[C@@H]12. The van der Waals surface area contributed by atoms with Gasteiger partial charge in [0.2, 0.25) is 11.8 Å². The highest BCUT2D eigenvalue weighted by molar-refractivity contribution is 6.23. The number of imide groups is 1. The molecular weight excluding hydrogens is 324 g/mol. The van der Waals surface area contributed by atoms with Crippen molar-refractivity contribution in [3.63, 3.8) is 0 Å². The third kappa shape index (κ3) is 2.04. The monoisotopic (exact) mass is 338 g/mol. The molecule has 25 heavy (non-hydrogen) atoms. The Morgan fingerprint density at radius 3 is 2.84 bits per heavy atom. The maximum Gasteiger partial charge on any atom is 0.302 e. The first-order chi connectivity index (χ1) is 12.0. The Balaban J connectivity index is 1.73. The first-order valence-corrected chi connectivity index (χ1v) is 7.86. The van der Waals surface area contributed by atoms with E-state index in [-0.39, 0.29) is 17.9 Å². The molecule has 3 aliphatic rings. The van der Waals surface area contributed by atoms with Gasteiger partial charge in [-0.1, -0.05) is 18.2 Å². The molecule has 1 aromatic carbocycles. The van der Waals surface area contributed by atoms with Crippen LogP contribution in [-0.2, 0) is 23.9 Å². The summed E-state index contributed by atoms with van der Waals surface area (Å²) in [4.78, 5) is 38.2. The summed E-state index contributed by atoms with van der Waals surface area (Å²) in [5.74, 6) is -2.74. The molecule has 2 fully saturated rings. The van der Waals surface area contributed by atoms with Crippen LogP contribution >= 0.6 is 0 Å². The molecule has 4 atom stereocenters. The molecule has 0 N–H and O–H groups in total. The second-order valence-electron chi connectivity index (χ2n) is 6.32. The van der Waals surface area contributed by atoms with Gasteiger partial charge in [-0.25, -0.2) is 4.90 Å². The summed E-state index contributed by atoms with van der Waals surface area (Å²) in [6.07, 6.45) is 2.90. The lowest BCUT2D eigenvalue weighted by Crippen LogP contribution is -2.44. The third-order valence-electron chi connectivity index (χ3n) is 4.92. The number of ether oxygens (including phenoxy) is 2. The Labute approximate surface area is 143 Å². The number of anilines is 1. The van der Waals surface area contributed by atoms with E-state index in [1.54, 1.807) is 36.4 Å². The van der Waals surface area contributed by atoms with E-state index in [1.165, 1.54) is 6.92 Å². The normalized spacial score (nSPS) is 32.0. The average molecular weight is 338 g/mol. The lowest BCUT2D eigenvalue weighted by Gasteiger charge is -2.28. The van der Waals surface area contributed by atoms with Crippen LogP contribution in [0.25, 0.3) is 0 Å². The van der Waals surface area contributed by atoms with Gasteiger partial charge in [-0.15, -0.1) is 0 Å². The van der Waals surface area contributed by atoms with Crippen molar-refractivity contribution in [3.8, 4) is 6.07 Å². The number of amides is 2. The van der Waals surface area contributed by atoms with E-state index in [0.717, 1.165) is 4.90 Å². The Morgan fingerprint density at radius 1 is 1.36 bits per heavy atom. The topological polar surface area (TPSA) is 96.7 Å². The van der Waals surface area contributed by atoms with Gasteiger partial charge in [0, 0.05) is 6.92 Å². The number of rotatable bonds is 3. The van der Waals surface area contributed by atoms with E-state index in [1.807, 2.05) is 6.07 Å². The number of hydrogen-bond donors (Lipinski definition) is 0. The predicted molar refractivity (Wildman–Crippen MR) is 84.0 cm³/mol. The zero-order chi connectivity index (χ0) is 17.8. The van der Waals surface area contributed by atoms with Gasteiger partial charge in [0.25, 0.3) is 0 Å².